The highest BCUT2D eigenvalue weighted by molar-refractivity contribution is 5.78. The Bertz CT molecular complexity index is 595. The second-order valence-corrected chi connectivity index (χ2v) is 7.93. The van der Waals surface area contributed by atoms with E-state index in [1.165, 1.54) is 25.7 Å². The van der Waals surface area contributed by atoms with Crippen molar-refractivity contribution in [3.05, 3.63) is 18.5 Å². The number of nitrogens with one attached hydrogen (secondary N) is 1. The highest BCUT2D eigenvalue weighted by Crippen LogP contribution is 2.50. The highest BCUT2D eigenvalue weighted by Gasteiger charge is 2.42. The third-order valence-electron chi connectivity index (χ3n) is 5.96. The van der Waals surface area contributed by atoms with Crippen LogP contribution in [0, 0.1) is 17.8 Å². The number of hydrogen-bond donors (Lipinski definition) is 1. The van der Waals surface area contributed by atoms with Gasteiger partial charge in [0.15, 0.2) is 0 Å². The minimum absolute atomic E-state index is 0.0919. The smallest absolute Gasteiger partial charge is 0.244 e. The van der Waals surface area contributed by atoms with Crippen LogP contribution in [0.25, 0.3) is 0 Å². The van der Waals surface area contributed by atoms with Crippen LogP contribution < -0.4 is 5.32 Å². The van der Waals surface area contributed by atoms with Crippen molar-refractivity contribution < 1.29 is 9.59 Å². The molecule has 6 nitrogen and oxygen atoms in total. The van der Waals surface area contributed by atoms with Gasteiger partial charge in [0.1, 0.15) is 6.54 Å². The van der Waals surface area contributed by atoms with Crippen LogP contribution in [0.2, 0.25) is 0 Å². The van der Waals surface area contributed by atoms with E-state index < -0.39 is 0 Å². The summed E-state index contributed by atoms with van der Waals surface area (Å²) in [6.45, 7) is 1.65. The fourth-order valence-electron chi connectivity index (χ4n) is 4.28. The number of likely N-dealkylation sites (tertiary alicyclic amines) is 1. The molecular weight excluding hydrogens is 316 g/mol. The molecule has 1 aromatic rings. The van der Waals surface area contributed by atoms with Crippen molar-refractivity contribution in [1.29, 1.82) is 0 Å². The molecule has 136 valence electrons. The minimum atomic E-state index is 0.0919. The molecule has 3 aliphatic rings. The molecule has 6 heteroatoms. The third-order valence-corrected chi connectivity index (χ3v) is 5.96. The molecule has 2 saturated carbocycles. The Balaban J connectivity index is 1.24. The molecule has 1 N–H and O–H groups in total. The Kier molecular flexibility index (Phi) is 4.77. The van der Waals surface area contributed by atoms with Gasteiger partial charge in [0.25, 0.3) is 0 Å². The number of nitrogens with zero attached hydrogens (tertiary/aromatic N) is 3. The van der Waals surface area contributed by atoms with Gasteiger partial charge < -0.3 is 10.2 Å². The maximum Gasteiger partial charge on any atom is 0.244 e. The lowest BCUT2D eigenvalue weighted by Crippen LogP contribution is -2.44. The second-order valence-electron chi connectivity index (χ2n) is 7.93. The molecular formula is C19H28N4O2. The van der Waals surface area contributed by atoms with Crippen molar-refractivity contribution in [1.82, 2.24) is 20.0 Å². The van der Waals surface area contributed by atoms with Gasteiger partial charge in [0, 0.05) is 37.9 Å². The maximum atomic E-state index is 12.5. The molecule has 2 heterocycles. The lowest BCUT2D eigenvalue weighted by atomic mass is 9.94. The van der Waals surface area contributed by atoms with Gasteiger partial charge >= 0.3 is 0 Å². The van der Waals surface area contributed by atoms with Crippen LogP contribution in [0.15, 0.2) is 18.5 Å². The standard InChI is InChI=1S/C19H28N4O2/c24-18(11-17(14-4-5-14)15-6-7-15)20-12-16-3-1-10-23(16)19(25)13-22-9-2-8-21-22/h2,8-9,14-17H,1,3-7,10-13H2,(H,20,24)/t16-/m1/s1. The van der Waals surface area contributed by atoms with E-state index >= 15 is 0 Å². The van der Waals surface area contributed by atoms with Gasteiger partial charge in [0.2, 0.25) is 11.8 Å². The van der Waals surface area contributed by atoms with Gasteiger partial charge in [-0.1, -0.05) is 0 Å². The molecule has 1 aliphatic heterocycles. The zero-order valence-corrected chi connectivity index (χ0v) is 14.8. The number of carbonyl (C=O) groups is 2. The van der Waals surface area contributed by atoms with Crippen LogP contribution in [-0.4, -0.2) is 45.6 Å². The van der Waals surface area contributed by atoms with E-state index in [0.717, 1.165) is 31.2 Å². The Morgan fingerprint density at radius 3 is 2.56 bits per heavy atom. The van der Waals surface area contributed by atoms with Crippen LogP contribution in [-0.2, 0) is 16.1 Å². The molecule has 25 heavy (non-hydrogen) atoms. The molecule has 4 rings (SSSR count). The van der Waals surface area contributed by atoms with Crippen LogP contribution >= 0.6 is 0 Å². The molecule has 0 radical (unpaired) electrons. The summed E-state index contributed by atoms with van der Waals surface area (Å²) < 4.78 is 1.66. The summed E-state index contributed by atoms with van der Waals surface area (Å²) in [4.78, 5) is 26.8. The van der Waals surface area contributed by atoms with Crippen molar-refractivity contribution in [3.63, 3.8) is 0 Å². The first-order valence-electron chi connectivity index (χ1n) is 9.74. The predicted molar refractivity (Wildman–Crippen MR) is 93.5 cm³/mol. The quantitative estimate of drug-likeness (QED) is 0.782. The summed E-state index contributed by atoms with van der Waals surface area (Å²) in [5, 5.41) is 7.21. The Hall–Kier alpha value is -1.85. The van der Waals surface area contributed by atoms with Crippen molar-refractivity contribution in [3.8, 4) is 0 Å². The fourth-order valence-corrected chi connectivity index (χ4v) is 4.28. The first kappa shape index (κ1) is 16.6. The predicted octanol–water partition coefficient (Wildman–Crippen LogP) is 1.82. The molecule has 0 unspecified atom stereocenters. The van der Waals surface area contributed by atoms with Crippen molar-refractivity contribution in [2.75, 3.05) is 13.1 Å². The van der Waals surface area contributed by atoms with Crippen molar-refractivity contribution in [2.45, 2.75) is 57.5 Å². The number of amides is 2. The summed E-state index contributed by atoms with van der Waals surface area (Å²) in [6, 6.07) is 1.96. The second kappa shape index (κ2) is 7.18. The topological polar surface area (TPSA) is 67.2 Å². The van der Waals surface area contributed by atoms with Gasteiger partial charge in [-0.2, -0.15) is 5.10 Å². The average Bonchev–Trinajstić information content (AvgIpc) is 3.52. The molecule has 0 bridgehead atoms. The summed E-state index contributed by atoms with van der Waals surface area (Å²) in [6.07, 6.45) is 11.4. The maximum absolute atomic E-state index is 12.5. The van der Waals surface area contributed by atoms with E-state index in [1.54, 1.807) is 17.1 Å². The summed E-state index contributed by atoms with van der Waals surface area (Å²) >= 11 is 0. The lowest BCUT2D eigenvalue weighted by molar-refractivity contribution is -0.133. The van der Waals surface area contributed by atoms with E-state index in [9.17, 15) is 9.59 Å². The van der Waals surface area contributed by atoms with E-state index in [0.29, 0.717) is 18.9 Å². The molecule has 2 amide bonds. The summed E-state index contributed by atoms with van der Waals surface area (Å²) in [5.41, 5.74) is 0. The van der Waals surface area contributed by atoms with E-state index in [4.69, 9.17) is 0 Å². The minimum Gasteiger partial charge on any atom is -0.354 e. The summed E-state index contributed by atoms with van der Waals surface area (Å²) in [5.74, 6) is 2.49. The molecule has 0 spiro atoms. The van der Waals surface area contributed by atoms with Crippen LogP contribution in [0.5, 0.6) is 0 Å². The number of hydrogen-bond acceptors (Lipinski definition) is 3. The van der Waals surface area contributed by atoms with Crippen LogP contribution in [0.1, 0.15) is 44.9 Å². The third kappa shape index (κ3) is 4.22. The molecule has 1 saturated heterocycles. The molecule has 2 aliphatic carbocycles. The lowest BCUT2D eigenvalue weighted by Gasteiger charge is -2.25. The molecule has 1 atom stereocenters. The first-order chi connectivity index (χ1) is 12.2. The zero-order chi connectivity index (χ0) is 17.2. The number of rotatable bonds is 8. The molecule has 3 fully saturated rings. The normalized spacial score (nSPS) is 23.2. The van der Waals surface area contributed by atoms with E-state index in [1.807, 2.05) is 11.0 Å². The Labute approximate surface area is 148 Å². The van der Waals surface area contributed by atoms with Gasteiger partial charge in [-0.05, 0) is 62.3 Å². The van der Waals surface area contributed by atoms with Gasteiger partial charge in [-0.3, -0.25) is 14.3 Å². The van der Waals surface area contributed by atoms with Gasteiger partial charge in [-0.25, -0.2) is 0 Å². The van der Waals surface area contributed by atoms with Crippen LogP contribution in [0.3, 0.4) is 0 Å². The zero-order valence-electron chi connectivity index (χ0n) is 14.8. The van der Waals surface area contributed by atoms with Gasteiger partial charge in [0.05, 0.1) is 0 Å². The fraction of sp³-hybridized carbons (Fsp3) is 0.737. The Morgan fingerprint density at radius 2 is 1.92 bits per heavy atom. The Morgan fingerprint density at radius 1 is 1.16 bits per heavy atom. The number of carbonyl (C=O) groups excluding carboxylic acids is 2. The van der Waals surface area contributed by atoms with Crippen molar-refractivity contribution in [2.24, 2.45) is 17.8 Å². The van der Waals surface area contributed by atoms with Crippen molar-refractivity contribution >= 4 is 11.8 Å². The summed E-state index contributed by atoms with van der Waals surface area (Å²) in [7, 11) is 0. The van der Waals surface area contributed by atoms with Crippen LogP contribution in [0.4, 0.5) is 0 Å². The first-order valence-corrected chi connectivity index (χ1v) is 9.74. The average molecular weight is 344 g/mol. The SMILES string of the molecule is O=C(CC(C1CC1)C1CC1)NC[C@H]1CCCN1C(=O)Cn1cccn1. The largest absolute Gasteiger partial charge is 0.354 e. The van der Waals surface area contributed by atoms with E-state index in [2.05, 4.69) is 10.4 Å². The van der Waals surface area contributed by atoms with E-state index in [-0.39, 0.29) is 24.4 Å². The number of aromatic nitrogens is 2. The van der Waals surface area contributed by atoms with Gasteiger partial charge in [-0.15, -0.1) is 0 Å². The molecule has 0 aromatic carbocycles. The highest BCUT2D eigenvalue weighted by atomic mass is 16.2. The monoisotopic (exact) mass is 344 g/mol. The molecule has 1 aromatic heterocycles.